The van der Waals surface area contributed by atoms with Gasteiger partial charge < -0.3 is 5.32 Å². The van der Waals surface area contributed by atoms with Crippen molar-refractivity contribution in [3.05, 3.63) is 81.8 Å². The van der Waals surface area contributed by atoms with Gasteiger partial charge in [0.15, 0.2) is 0 Å². The molecule has 5 nitrogen and oxygen atoms in total. The minimum absolute atomic E-state index is 0.0913. The van der Waals surface area contributed by atoms with Gasteiger partial charge in [0.1, 0.15) is 0 Å². The van der Waals surface area contributed by atoms with Crippen molar-refractivity contribution >= 4 is 27.7 Å². The second-order valence-corrected chi connectivity index (χ2v) is 8.12. The summed E-state index contributed by atoms with van der Waals surface area (Å²) in [7, 11) is 3.49. The summed E-state index contributed by atoms with van der Waals surface area (Å²) < 4.78 is 3.20. The molecule has 0 unspecified atom stereocenters. The molecule has 0 atom stereocenters. The van der Waals surface area contributed by atoms with E-state index >= 15 is 0 Å². The Bertz CT molecular complexity index is 1350. The second-order valence-electron chi connectivity index (χ2n) is 8.12. The lowest BCUT2D eigenvalue weighted by molar-refractivity contribution is 0.0930. The molecule has 5 heteroatoms. The maximum Gasteiger partial charge on any atom is 0.328 e. The number of carbonyl (C=O) groups is 1. The van der Waals surface area contributed by atoms with Crippen LogP contribution in [-0.4, -0.2) is 15.0 Å². The van der Waals surface area contributed by atoms with E-state index in [0.29, 0.717) is 5.56 Å². The smallest absolute Gasteiger partial charge is 0.328 e. The Labute approximate surface area is 168 Å². The van der Waals surface area contributed by atoms with Crippen LogP contribution in [0.5, 0.6) is 0 Å². The molecule has 1 aliphatic carbocycles. The number of imidazole rings is 1. The van der Waals surface area contributed by atoms with E-state index in [4.69, 9.17) is 0 Å². The number of amides is 1. The number of carbonyl (C=O) groups excluding carboxylic acids is 1. The van der Waals surface area contributed by atoms with Gasteiger partial charge >= 0.3 is 5.69 Å². The minimum Gasteiger partial charge on any atom is -0.342 e. The fourth-order valence-corrected chi connectivity index (χ4v) is 4.41. The molecule has 1 saturated carbocycles. The fraction of sp³-hybridized carbons (Fsp3) is 0.250. The molecule has 0 aliphatic heterocycles. The third-order valence-corrected chi connectivity index (χ3v) is 6.27. The van der Waals surface area contributed by atoms with E-state index in [1.165, 1.54) is 16.3 Å². The molecule has 5 rings (SSSR count). The number of rotatable bonds is 3. The SMILES string of the molecule is Cc1cc2c(cc1C(=O)NC1(c3cccc4ccccc34)CC1)n(C)c(=O)n2C. The Morgan fingerprint density at radius 1 is 0.966 bits per heavy atom. The maximum atomic E-state index is 13.3. The molecule has 1 N–H and O–H groups in total. The summed E-state index contributed by atoms with van der Waals surface area (Å²) in [5.74, 6) is -0.0915. The quantitative estimate of drug-likeness (QED) is 0.584. The summed E-state index contributed by atoms with van der Waals surface area (Å²) in [5, 5.41) is 5.67. The van der Waals surface area contributed by atoms with Crippen LogP contribution in [0, 0.1) is 6.92 Å². The highest BCUT2D eigenvalue weighted by Crippen LogP contribution is 2.48. The number of aryl methyl sites for hydroxylation is 3. The zero-order valence-electron chi connectivity index (χ0n) is 16.8. The lowest BCUT2D eigenvalue weighted by atomic mass is 9.96. The van der Waals surface area contributed by atoms with Gasteiger partial charge in [0.25, 0.3) is 5.91 Å². The Hall–Kier alpha value is -3.34. The summed E-state index contributed by atoms with van der Waals surface area (Å²) in [5.41, 5.74) is 3.85. The summed E-state index contributed by atoms with van der Waals surface area (Å²) in [6.07, 6.45) is 1.86. The third kappa shape index (κ3) is 2.61. The van der Waals surface area contributed by atoms with Gasteiger partial charge in [-0.15, -0.1) is 0 Å². The number of hydrogen-bond donors (Lipinski definition) is 1. The van der Waals surface area contributed by atoms with E-state index < -0.39 is 0 Å². The molecule has 1 amide bonds. The van der Waals surface area contributed by atoms with Crippen molar-refractivity contribution in [2.75, 3.05) is 0 Å². The number of hydrogen-bond acceptors (Lipinski definition) is 2. The average molecular weight is 385 g/mol. The number of nitrogens with zero attached hydrogens (tertiary/aromatic N) is 2. The first-order valence-corrected chi connectivity index (χ1v) is 9.88. The number of aromatic nitrogens is 2. The molecule has 29 heavy (non-hydrogen) atoms. The Morgan fingerprint density at radius 3 is 2.34 bits per heavy atom. The van der Waals surface area contributed by atoms with Crippen LogP contribution in [-0.2, 0) is 19.6 Å². The number of benzene rings is 3. The normalized spacial score (nSPS) is 15.0. The topological polar surface area (TPSA) is 56.0 Å². The van der Waals surface area contributed by atoms with Gasteiger partial charge in [-0.2, -0.15) is 0 Å². The molecule has 146 valence electrons. The Morgan fingerprint density at radius 2 is 1.62 bits per heavy atom. The zero-order chi connectivity index (χ0) is 20.3. The van der Waals surface area contributed by atoms with Crippen molar-refractivity contribution < 1.29 is 4.79 Å². The first kappa shape index (κ1) is 17.7. The van der Waals surface area contributed by atoms with E-state index in [1.807, 2.05) is 31.2 Å². The molecule has 0 saturated heterocycles. The molecule has 4 aromatic rings. The van der Waals surface area contributed by atoms with Gasteiger partial charge in [-0.3, -0.25) is 13.9 Å². The first-order chi connectivity index (χ1) is 13.9. The standard InChI is InChI=1S/C24H23N3O2/c1-15-13-20-21(27(3)23(29)26(20)2)14-18(15)22(28)25-24(11-12-24)19-10-6-8-16-7-4-5-9-17(16)19/h4-10,13-14H,11-12H2,1-3H3,(H,25,28). The highest BCUT2D eigenvalue weighted by molar-refractivity contribution is 6.00. The van der Waals surface area contributed by atoms with Crippen LogP contribution >= 0.6 is 0 Å². The minimum atomic E-state index is -0.318. The average Bonchev–Trinajstić information content (AvgIpc) is 3.47. The van der Waals surface area contributed by atoms with Crippen LogP contribution < -0.4 is 11.0 Å². The molecular weight excluding hydrogens is 362 g/mol. The van der Waals surface area contributed by atoms with Gasteiger partial charge in [0.2, 0.25) is 0 Å². The van der Waals surface area contributed by atoms with Crippen molar-refractivity contribution in [3.8, 4) is 0 Å². The van der Waals surface area contributed by atoms with Crippen LogP contribution in [0.2, 0.25) is 0 Å². The summed E-state index contributed by atoms with van der Waals surface area (Å²) >= 11 is 0. The van der Waals surface area contributed by atoms with Crippen LogP contribution in [0.4, 0.5) is 0 Å². The zero-order valence-corrected chi connectivity index (χ0v) is 16.8. The van der Waals surface area contributed by atoms with Crippen molar-refractivity contribution in [2.24, 2.45) is 14.1 Å². The van der Waals surface area contributed by atoms with Crippen molar-refractivity contribution in [2.45, 2.75) is 25.3 Å². The second kappa shape index (κ2) is 6.08. The van der Waals surface area contributed by atoms with Crippen LogP contribution in [0.25, 0.3) is 21.8 Å². The van der Waals surface area contributed by atoms with Crippen molar-refractivity contribution in [3.63, 3.8) is 0 Å². The van der Waals surface area contributed by atoms with E-state index in [2.05, 4.69) is 35.6 Å². The monoisotopic (exact) mass is 385 g/mol. The predicted molar refractivity (Wildman–Crippen MR) is 115 cm³/mol. The largest absolute Gasteiger partial charge is 0.342 e. The number of nitrogens with one attached hydrogen (secondary N) is 1. The van der Waals surface area contributed by atoms with Gasteiger partial charge in [0.05, 0.1) is 16.6 Å². The van der Waals surface area contributed by atoms with E-state index in [0.717, 1.165) is 29.4 Å². The molecule has 3 aromatic carbocycles. The lowest BCUT2D eigenvalue weighted by Crippen LogP contribution is -2.35. The predicted octanol–water partition coefficient (Wildman–Crippen LogP) is 3.76. The van der Waals surface area contributed by atoms with Crippen molar-refractivity contribution in [1.82, 2.24) is 14.5 Å². The highest BCUT2D eigenvalue weighted by atomic mass is 16.2. The van der Waals surface area contributed by atoms with Gasteiger partial charge in [-0.25, -0.2) is 4.79 Å². The van der Waals surface area contributed by atoms with Gasteiger partial charge in [-0.05, 0) is 53.8 Å². The molecule has 0 bridgehead atoms. The summed E-state index contributed by atoms with van der Waals surface area (Å²) in [6, 6.07) is 18.3. The van der Waals surface area contributed by atoms with E-state index in [1.54, 1.807) is 23.2 Å². The molecule has 0 radical (unpaired) electrons. The van der Waals surface area contributed by atoms with Crippen LogP contribution in [0.3, 0.4) is 0 Å². The Balaban J connectivity index is 1.56. The maximum absolute atomic E-state index is 13.3. The molecule has 0 spiro atoms. The first-order valence-electron chi connectivity index (χ1n) is 9.88. The highest BCUT2D eigenvalue weighted by Gasteiger charge is 2.46. The van der Waals surface area contributed by atoms with E-state index in [-0.39, 0.29) is 17.1 Å². The Kier molecular flexibility index (Phi) is 3.72. The van der Waals surface area contributed by atoms with E-state index in [9.17, 15) is 9.59 Å². The summed E-state index contributed by atoms with van der Waals surface area (Å²) in [6.45, 7) is 1.92. The molecular formula is C24H23N3O2. The van der Waals surface area contributed by atoms with Gasteiger partial charge in [-0.1, -0.05) is 42.5 Å². The number of fused-ring (bicyclic) bond motifs is 2. The van der Waals surface area contributed by atoms with Crippen LogP contribution in [0.15, 0.2) is 59.4 Å². The fourth-order valence-electron chi connectivity index (χ4n) is 4.41. The molecule has 1 aromatic heterocycles. The molecule has 1 heterocycles. The van der Waals surface area contributed by atoms with Crippen molar-refractivity contribution in [1.29, 1.82) is 0 Å². The lowest BCUT2D eigenvalue weighted by Gasteiger charge is -2.21. The van der Waals surface area contributed by atoms with Crippen LogP contribution in [0.1, 0.15) is 34.3 Å². The summed E-state index contributed by atoms with van der Waals surface area (Å²) in [4.78, 5) is 25.5. The molecule has 1 aliphatic rings. The third-order valence-electron chi connectivity index (χ3n) is 6.27. The van der Waals surface area contributed by atoms with Gasteiger partial charge in [0, 0.05) is 19.7 Å². The molecule has 1 fully saturated rings.